The standard InChI is InChI=1S/C19H19FN2O3/c1-24-17-5-6-18(25-2)19-14(17)10-22(11-16(19)23)9-13-7-12(8-21)3-4-15(13)20/h3-7,16,23H,9-11H2,1-2H3/t16-/m1/s1. The molecule has 1 N–H and O–H groups in total. The summed E-state index contributed by atoms with van der Waals surface area (Å²) in [5.74, 6) is 0.906. The number of halogens is 1. The van der Waals surface area contributed by atoms with E-state index in [-0.39, 0.29) is 12.4 Å². The van der Waals surface area contributed by atoms with E-state index in [1.807, 2.05) is 11.0 Å². The fourth-order valence-corrected chi connectivity index (χ4v) is 3.27. The molecule has 0 saturated carbocycles. The van der Waals surface area contributed by atoms with Crippen molar-refractivity contribution in [1.82, 2.24) is 4.90 Å². The smallest absolute Gasteiger partial charge is 0.127 e. The van der Waals surface area contributed by atoms with E-state index in [1.54, 1.807) is 32.4 Å². The predicted molar refractivity (Wildman–Crippen MR) is 89.7 cm³/mol. The Morgan fingerprint density at radius 2 is 1.96 bits per heavy atom. The molecule has 1 aliphatic heterocycles. The van der Waals surface area contributed by atoms with E-state index in [4.69, 9.17) is 14.7 Å². The number of ether oxygens (including phenoxy) is 2. The van der Waals surface area contributed by atoms with Crippen molar-refractivity contribution in [2.24, 2.45) is 0 Å². The fourth-order valence-electron chi connectivity index (χ4n) is 3.27. The lowest BCUT2D eigenvalue weighted by Crippen LogP contribution is -2.34. The van der Waals surface area contributed by atoms with Gasteiger partial charge in [-0.2, -0.15) is 5.26 Å². The summed E-state index contributed by atoms with van der Waals surface area (Å²) in [6.07, 6.45) is -0.768. The molecule has 0 amide bonds. The Bertz CT molecular complexity index is 832. The first kappa shape index (κ1) is 17.2. The van der Waals surface area contributed by atoms with Crippen LogP contribution in [0.25, 0.3) is 0 Å². The second kappa shape index (κ2) is 7.09. The number of hydrogen-bond donors (Lipinski definition) is 1. The van der Waals surface area contributed by atoms with Crippen LogP contribution < -0.4 is 9.47 Å². The third-order valence-electron chi connectivity index (χ3n) is 4.43. The molecule has 6 heteroatoms. The first-order valence-electron chi connectivity index (χ1n) is 7.90. The molecule has 0 aliphatic carbocycles. The molecule has 0 unspecified atom stereocenters. The third-order valence-corrected chi connectivity index (χ3v) is 4.43. The third kappa shape index (κ3) is 3.29. The van der Waals surface area contributed by atoms with Gasteiger partial charge < -0.3 is 14.6 Å². The van der Waals surface area contributed by atoms with Gasteiger partial charge in [-0.25, -0.2) is 4.39 Å². The van der Waals surface area contributed by atoms with Gasteiger partial charge in [0.15, 0.2) is 0 Å². The monoisotopic (exact) mass is 342 g/mol. The molecule has 2 aromatic rings. The molecule has 0 saturated heterocycles. The van der Waals surface area contributed by atoms with E-state index < -0.39 is 6.10 Å². The molecule has 0 radical (unpaired) electrons. The van der Waals surface area contributed by atoms with Crippen LogP contribution in [-0.2, 0) is 13.1 Å². The topological polar surface area (TPSA) is 65.7 Å². The molecule has 2 aromatic carbocycles. The lowest BCUT2D eigenvalue weighted by atomic mass is 9.94. The first-order valence-corrected chi connectivity index (χ1v) is 7.90. The average molecular weight is 342 g/mol. The summed E-state index contributed by atoms with van der Waals surface area (Å²) in [6.45, 7) is 1.12. The molecule has 0 fully saturated rings. The van der Waals surface area contributed by atoms with Crippen molar-refractivity contribution in [3.63, 3.8) is 0 Å². The van der Waals surface area contributed by atoms with E-state index in [2.05, 4.69) is 0 Å². The molecular weight excluding hydrogens is 323 g/mol. The predicted octanol–water partition coefficient (Wildman–Crippen LogP) is 2.76. The highest BCUT2D eigenvalue weighted by molar-refractivity contribution is 5.51. The van der Waals surface area contributed by atoms with Crippen LogP contribution in [-0.4, -0.2) is 30.8 Å². The number of nitriles is 1. The molecular formula is C19H19FN2O3. The Morgan fingerprint density at radius 1 is 1.24 bits per heavy atom. The molecule has 3 rings (SSSR count). The summed E-state index contributed by atoms with van der Waals surface area (Å²) in [5, 5.41) is 19.6. The Balaban J connectivity index is 1.93. The van der Waals surface area contributed by atoms with E-state index >= 15 is 0 Å². The number of hydrogen-bond acceptors (Lipinski definition) is 5. The van der Waals surface area contributed by atoms with Gasteiger partial charge in [-0.15, -0.1) is 0 Å². The molecule has 0 bridgehead atoms. The van der Waals surface area contributed by atoms with Gasteiger partial charge in [-0.1, -0.05) is 0 Å². The SMILES string of the molecule is COc1ccc(OC)c2c1CN(Cc1cc(C#N)ccc1F)C[C@H]2O. The number of benzene rings is 2. The van der Waals surface area contributed by atoms with E-state index in [0.717, 1.165) is 5.56 Å². The van der Waals surface area contributed by atoms with Crippen molar-refractivity contribution < 1.29 is 19.0 Å². The average Bonchev–Trinajstić information content (AvgIpc) is 2.62. The van der Waals surface area contributed by atoms with Gasteiger partial charge in [0.1, 0.15) is 17.3 Å². The minimum absolute atomic E-state index is 0.290. The zero-order chi connectivity index (χ0) is 18.0. The van der Waals surface area contributed by atoms with Crippen molar-refractivity contribution in [3.8, 4) is 17.6 Å². The van der Waals surface area contributed by atoms with Crippen LogP contribution in [0, 0.1) is 17.1 Å². The number of nitrogens with zero attached hydrogens (tertiary/aromatic N) is 2. The quantitative estimate of drug-likeness (QED) is 0.925. The zero-order valence-corrected chi connectivity index (χ0v) is 14.1. The van der Waals surface area contributed by atoms with Crippen molar-refractivity contribution >= 4 is 0 Å². The molecule has 5 nitrogen and oxygen atoms in total. The van der Waals surface area contributed by atoms with Crippen LogP contribution in [0.4, 0.5) is 4.39 Å². The summed E-state index contributed by atoms with van der Waals surface area (Å²) in [6, 6.07) is 9.88. The lowest BCUT2D eigenvalue weighted by Gasteiger charge is -2.34. The highest BCUT2D eigenvalue weighted by Gasteiger charge is 2.30. The number of fused-ring (bicyclic) bond motifs is 1. The molecule has 1 aliphatic rings. The maximum Gasteiger partial charge on any atom is 0.127 e. The van der Waals surface area contributed by atoms with Gasteiger partial charge >= 0.3 is 0 Å². The van der Waals surface area contributed by atoms with Crippen LogP contribution in [0.3, 0.4) is 0 Å². The van der Waals surface area contributed by atoms with Gasteiger partial charge in [0, 0.05) is 36.3 Å². The summed E-state index contributed by atoms with van der Waals surface area (Å²) < 4.78 is 24.8. The number of methoxy groups -OCH3 is 2. The molecule has 0 spiro atoms. The molecule has 0 aromatic heterocycles. The maximum atomic E-state index is 14.1. The van der Waals surface area contributed by atoms with Crippen LogP contribution in [0.1, 0.15) is 28.4 Å². The van der Waals surface area contributed by atoms with Gasteiger partial charge in [-0.05, 0) is 30.3 Å². The molecule has 25 heavy (non-hydrogen) atoms. The van der Waals surface area contributed by atoms with Crippen LogP contribution in [0.5, 0.6) is 11.5 Å². The fraction of sp³-hybridized carbons (Fsp3) is 0.316. The van der Waals surface area contributed by atoms with Crippen molar-refractivity contribution in [3.05, 3.63) is 58.4 Å². The summed E-state index contributed by atoms with van der Waals surface area (Å²) in [4.78, 5) is 1.93. The second-order valence-corrected chi connectivity index (χ2v) is 5.97. The Labute approximate surface area is 145 Å². The minimum atomic E-state index is -0.768. The van der Waals surface area contributed by atoms with E-state index in [1.165, 1.54) is 12.1 Å². The summed E-state index contributed by atoms with van der Waals surface area (Å²) >= 11 is 0. The van der Waals surface area contributed by atoms with Gasteiger partial charge in [0.2, 0.25) is 0 Å². The van der Waals surface area contributed by atoms with E-state index in [9.17, 15) is 9.50 Å². The number of aliphatic hydroxyl groups is 1. The van der Waals surface area contributed by atoms with Gasteiger partial charge in [-0.3, -0.25) is 4.90 Å². The first-order chi connectivity index (χ1) is 12.1. The minimum Gasteiger partial charge on any atom is -0.496 e. The number of β-amino-alcohol motifs (C(OH)–C–C–N with tert-alkyl or cyclic N) is 1. The van der Waals surface area contributed by atoms with Gasteiger partial charge in [0.25, 0.3) is 0 Å². The van der Waals surface area contributed by atoms with E-state index in [0.29, 0.717) is 41.3 Å². The molecule has 1 atom stereocenters. The largest absolute Gasteiger partial charge is 0.496 e. The highest BCUT2D eigenvalue weighted by atomic mass is 19.1. The Hall–Kier alpha value is -2.62. The number of aliphatic hydroxyl groups excluding tert-OH is 1. The van der Waals surface area contributed by atoms with Crippen LogP contribution >= 0.6 is 0 Å². The normalized spacial score (nSPS) is 16.8. The summed E-state index contributed by atoms with van der Waals surface area (Å²) in [7, 11) is 3.13. The maximum absolute atomic E-state index is 14.1. The van der Waals surface area contributed by atoms with Crippen molar-refractivity contribution in [1.29, 1.82) is 5.26 Å². The van der Waals surface area contributed by atoms with Gasteiger partial charge in [0.05, 0.1) is 32.0 Å². The van der Waals surface area contributed by atoms with Crippen molar-refractivity contribution in [2.45, 2.75) is 19.2 Å². The van der Waals surface area contributed by atoms with Crippen LogP contribution in [0.2, 0.25) is 0 Å². The Morgan fingerprint density at radius 3 is 2.64 bits per heavy atom. The highest BCUT2D eigenvalue weighted by Crippen LogP contribution is 2.39. The second-order valence-electron chi connectivity index (χ2n) is 5.97. The van der Waals surface area contributed by atoms with Crippen LogP contribution in [0.15, 0.2) is 30.3 Å². The lowest BCUT2D eigenvalue weighted by molar-refractivity contribution is 0.0837. The molecule has 130 valence electrons. The molecule has 1 heterocycles. The Kier molecular flexibility index (Phi) is 4.88. The zero-order valence-electron chi connectivity index (χ0n) is 14.1. The number of rotatable bonds is 4. The summed E-state index contributed by atoms with van der Waals surface area (Å²) in [5.41, 5.74) is 2.38. The van der Waals surface area contributed by atoms with Crippen molar-refractivity contribution in [2.75, 3.05) is 20.8 Å².